The van der Waals surface area contributed by atoms with Crippen molar-refractivity contribution < 1.29 is 24.1 Å². The molecule has 162 valence electrons. The van der Waals surface area contributed by atoms with Gasteiger partial charge >= 0.3 is 0 Å². The van der Waals surface area contributed by atoms with Crippen LogP contribution in [0, 0.1) is 0 Å². The molecule has 1 fully saturated rings. The van der Waals surface area contributed by atoms with Crippen LogP contribution in [0.5, 0.6) is 17.2 Å². The molecule has 31 heavy (non-hydrogen) atoms. The SMILES string of the molecule is CCOc1ccc(/C=C/C(O)=C2/C(=O)N(C)[C@@]3(C)C[C@H]2c2ccccc2O3)cc1OC. The number of methoxy groups -OCH3 is 1. The Morgan fingerprint density at radius 3 is 2.81 bits per heavy atom. The summed E-state index contributed by atoms with van der Waals surface area (Å²) < 4.78 is 17.1. The first-order valence-electron chi connectivity index (χ1n) is 10.4. The van der Waals surface area contributed by atoms with Gasteiger partial charge in [-0.15, -0.1) is 0 Å². The number of rotatable bonds is 5. The molecule has 2 aliphatic rings. The Bertz CT molecular complexity index is 1070. The standard InChI is InChI=1S/C25H27NO5/c1-5-30-21-13-11-16(14-22(21)29-4)10-12-19(27)23-18-15-25(2,26(3)24(23)28)31-20-9-7-6-8-17(18)20/h6-14,18,27H,5,15H2,1-4H3/b12-10+,23-19-/t18-,25+/m0/s1. The van der Waals surface area contributed by atoms with Crippen LogP contribution in [0.15, 0.2) is 59.9 Å². The van der Waals surface area contributed by atoms with Crippen LogP contribution in [-0.4, -0.2) is 42.4 Å². The summed E-state index contributed by atoms with van der Waals surface area (Å²) in [6.45, 7) is 4.36. The molecule has 2 bridgehead atoms. The first-order valence-corrected chi connectivity index (χ1v) is 10.4. The first-order chi connectivity index (χ1) is 14.9. The van der Waals surface area contributed by atoms with Gasteiger partial charge in [-0.2, -0.15) is 0 Å². The highest BCUT2D eigenvalue weighted by Gasteiger charge is 2.50. The van der Waals surface area contributed by atoms with Crippen molar-refractivity contribution >= 4 is 12.0 Å². The van der Waals surface area contributed by atoms with E-state index in [9.17, 15) is 9.90 Å². The average molecular weight is 421 g/mol. The van der Waals surface area contributed by atoms with Crippen molar-refractivity contribution in [1.29, 1.82) is 0 Å². The highest BCUT2D eigenvalue weighted by molar-refractivity contribution is 5.98. The van der Waals surface area contributed by atoms with Gasteiger partial charge < -0.3 is 24.2 Å². The van der Waals surface area contributed by atoms with Crippen LogP contribution < -0.4 is 14.2 Å². The van der Waals surface area contributed by atoms with E-state index in [1.54, 1.807) is 31.2 Å². The van der Waals surface area contributed by atoms with E-state index in [1.807, 2.05) is 56.3 Å². The van der Waals surface area contributed by atoms with E-state index in [1.165, 1.54) is 0 Å². The van der Waals surface area contributed by atoms with Crippen molar-refractivity contribution in [1.82, 2.24) is 4.90 Å². The molecule has 0 radical (unpaired) electrons. The number of carbonyl (C=O) groups is 1. The van der Waals surface area contributed by atoms with Gasteiger partial charge in [-0.1, -0.05) is 30.3 Å². The minimum absolute atomic E-state index is 0.0477. The van der Waals surface area contributed by atoms with E-state index in [-0.39, 0.29) is 17.6 Å². The molecule has 2 aliphatic heterocycles. The normalized spacial score (nSPS) is 23.9. The van der Waals surface area contributed by atoms with Gasteiger partial charge in [0.2, 0.25) is 0 Å². The molecule has 1 amide bonds. The quantitative estimate of drug-likeness (QED) is 0.561. The van der Waals surface area contributed by atoms with Crippen molar-refractivity contribution in [3.05, 3.63) is 71.0 Å². The number of amides is 1. The zero-order chi connectivity index (χ0) is 22.2. The third-order valence-corrected chi connectivity index (χ3v) is 6.00. The summed E-state index contributed by atoms with van der Waals surface area (Å²) in [5.74, 6) is 1.49. The topological polar surface area (TPSA) is 68.2 Å². The number of hydrogen-bond donors (Lipinski definition) is 1. The molecule has 2 aromatic rings. The average Bonchev–Trinajstić information content (AvgIpc) is 2.77. The number of ether oxygens (including phenoxy) is 3. The van der Waals surface area contributed by atoms with Crippen molar-refractivity contribution in [3.8, 4) is 17.2 Å². The van der Waals surface area contributed by atoms with Crippen molar-refractivity contribution in [3.63, 3.8) is 0 Å². The van der Waals surface area contributed by atoms with Crippen LogP contribution in [0.3, 0.4) is 0 Å². The van der Waals surface area contributed by atoms with Crippen LogP contribution in [0.1, 0.15) is 37.3 Å². The van der Waals surface area contributed by atoms with Gasteiger partial charge in [0.05, 0.1) is 19.3 Å². The van der Waals surface area contributed by atoms with Gasteiger partial charge in [-0.05, 0) is 43.7 Å². The van der Waals surface area contributed by atoms with E-state index in [0.717, 1.165) is 16.9 Å². The van der Waals surface area contributed by atoms with Crippen LogP contribution >= 0.6 is 0 Å². The summed E-state index contributed by atoms with van der Waals surface area (Å²) in [5, 5.41) is 11.0. The number of allylic oxidation sites excluding steroid dienone is 1. The fraction of sp³-hybridized carbons (Fsp3) is 0.320. The summed E-state index contributed by atoms with van der Waals surface area (Å²) in [6.07, 6.45) is 3.90. The predicted molar refractivity (Wildman–Crippen MR) is 118 cm³/mol. The molecule has 0 spiro atoms. The number of carbonyl (C=O) groups excluding carboxylic acids is 1. The fourth-order valence-corrected chi connectivity index (χ4v) is 4.25. The van der Waals surface area contributed by atoms with E-state index < -0.39 is 5.72 Å². The molecule has 4 rings (SSSR count). The Hall–Kier alpha value is -3.41. The Balaban J connectivity index is 1.72. The number of likely N-dealkylation sites (tertiary alicyclic amines) is 1. The summed E-state index contributed by atoms with van der Waals surface area (Å²) in [6, 6.07) is 13.2. The second-order valence-electron chi connectivity index (χ2n) is 7.91. The van der Waals surface area contributed by atoms with Crippen molar-refractivity contribution in [2.24, 2.45) is 0 Å². The predicted octanol–water partition coefficient (Wildman–Crippen LogP) is 4.67. The number of hydrogen-bond acceptors (Lipinski definition) is 5. The molecule has 2 aromatic carbocycles. The summed E-state index contributed by atoms with van der Waals surface area (Å²) in [5.41, 5.74) is 1.37. The smallest absolute Gasteiger partial charge is 0.256 e. The maximum atomic E-state index is 13.2. The Morgan fingerprint density at radius 2 is 2.06 bits per heavy atom. The van der Waals surface area contributed by atoms with Gasteiger partial charge in [-0.3, -0.25) is 4.79 Å². The lowest BCUT2D eigenvalue weighted by atomic mass is 9.77. The molecule has 1 N–H and O–H groups in total. The number of nitrogens with zero attached hydrogens (tertiary/aromatic N) is 1. The fourth-order valence-electron chi connectivity index (χ4n) is 4.25. The third kappa shape index (κ3) is 3.63. The zero-order valence-electron chi connectivity index (χ0n) is 18.2. The Morgan fingerprint density at radius 1 is 1.29 bits per heavy atom. The Kier molecular flexibility index (Phi) is 5.39. The van der Waals surface area contributed by atoms with E-state index in [0.29, 0.717) is 30.1 Å². The minimum atomic E-state index is -0.744. The number of likely N-dealkylation sites (N-methyl/N-ethyl adjacent to an activating group) is 1. The number of benzene rings is 2. The van der Waals surface area contributed by atoms with Gasteiger partial charge in [0.25, 0.3) is 5.91 Å². The maximum absolute atomic E-state index is 13.2. The maximum Gasteiger partial charge on any atom is 0.256 e. The van der Waals surface area contributed by atoms with E-state index in [4.69, 9.17) is 14.2 Å². The van der Waals surface area contributed by atoms with Gasteiger partial charge in [0, 0.05) is 24.9 Å². The number of fused-ring (bicyclic) bond motifs is 4. The summed E-state index contributed by atoms with van der Waals surface area (Å²) in [7, 11) is 3.29. The lowest BCUT2D eigenvalue weighted by Gasteiger charge is -2.49. The number of piperidine rings is 1. The summed E-state index contributed by atoms with van der Waals surface area (Å²) in [4.78, 5) is 14.7. The van der Waals surface area contributed by atoms with Crippen molar-refractivity contribution in [2.75, 3.05) is 20.8 Å². The highest BCUT2D eigenvalue weighted by Crippen LogP contribution is 2.50. The summed E-state index contributed by atoms with van der Waals surface area (Å²) >= 11 is 0. The molecule has 6 heteroatoms. The van der Waals surface area contributed by atoms with Gasteiger partial charge in [-0.25, -0.2) is 0 Å². The van der Waals surface area contributed by atoms with Crippen LogP contribution in [0.25, 0.3) is 6.08 Å². The molecule has 0 unspecified atom stereocenters. The molecule has 2 heterocycles. The van der Waals surface area contributed by atoms with E-state index in [2.05, 4.69) is 0 Å². The number of aliphatic hydroxyl groups is 1. The largest absolute Gasteiger partial charge is 0.507 e. The molecule has 2 atom stereocenters. The van der Waals surface area contributed by atoms with Crippen LogP contribution in [-0.2, 0) is 4.79 Å². The molecule has 6 nitrogen and oxygen atoms in total. The first kappa shape index (κ1) is 20.8. The lowest BCUT2D eigenvalue weighted by molar-refractivity contribution is -0.153. The second kappa shape index (κ2) is 8.02. The monoisotopic (exact) mass is 421 g/mol. The molecule has 0 aliphatic carbocycles. The van der Waals surface area contributed by atoms with Crippen LogP contribution in [0.4, 0.5) is 0 Å². The molecule has 1 saturated heterocycles. The van der Waals surface area contributed by atoms with E-state index >= 15 is 0 Å². The molecule has 0 aromatic heterocycles. The molecular weight excluding hydrogens is 394 g/mol. The zero-order valence-corrected chi connectivity index (χ0v) is 18.2. The number of aliphatic hydroxyl groups excluding tert-OH is 1. The minimum Gasteiger partial charge on any atom is -0.507 e. The highest BCUT2D eigenvalue weighted by atomic mass is 16.5. The number of para-hydroxylation sites is 1. The molecular formula is C25H27NO5. The van der Waals surface area contributed by atoms with Crippen molar-refractivity contribution in [2.45, 2.75) is 31.9 Å². The van der Waals surface area contributed by atoms with Crippen LogP contribution in [0.2, 0.25) is 0 Å². The third-order valence-electron chi connectivity index (χ3n) is 6.00. The van der Waals surface area contributed by atoms with Gasteiger partial charge in [0.15, 0.2) is 17.2 Å². The van der Waals surface area contributed by atoms with Gasteiger partial charge in [0.1, 0.15) is 11.5 Å². The lowest BCUT2D eigenvalue weighted by Crippen LogP contribution is -2.59. The second-order valence-corrected chi connectivity index (χ2v) is 7.91. The molecule has 0 saturated carbocycles. The Labute approximate surface area is 182 Å².